The van der Waals surface area contributed by atoms with Gasteiger partial charge in [0.1, 0.15) is 6.54 Å². The zero-order valence-corrected chi connectivity index (χ0v) is 12.5. The number of allylic oxidation sites excluding steroid dienone is 2. The van der Waals surface area contributed by atoms with Crippen LogP contribution >= 0.6 is 0 Å². The van der Waals surface area contributed by atoms with Crippen LogP contribution in [0, 0.1) is 23.7 Å². The topological polar surface area (TPSA) is 66.5 Å². The number of hydrogen-bond donors (Lipinski definition) is 1. The van der Waals surface area contributed by atoms with Gasteiger partial charge in [-0.25, -0.2) is 0 Å². The molecule has 2 aliphatic carbocycles. The van der Waals surface area contributed by atoms with Crippen LogP contribution in [0.4, 0.5) is 0 Å². The molecule has 1 saturated heterocycles. The van der Waals surface area contributed by atoms with E-state index < -0.39 is 0 Å². The van der Waals surface area contributed by atoms with Gasteiger partial charge in [0.2, 0.25) is 17.7 Å². The minimum atomic E-state index is -0.231. The van der Waals surface area contributed by atoms with Crippen LogP contribution in [0.25, 0.3) is 0 Å². The van der Waals surface area contributed by atoms with Crippen LogP contribution in [-0.2, 0) is 14.4 Å². The summed E-state index contributed by atoms with van der Waals surface area (Å²) >= 11 is 0. The van der Waals surface area contributed by atoms with E-state index in [1.807, 2.05) is 13.8 Å². The summed E-state index contributed by atoms with van der Waals surface area (Å²) in [5, 5.41) is 2.89. The Morgan fingerprint density at radius 1 is 1.19 bits per heavy atom. The summed E-state index contributed by atoms with van der Waals surface area (Å²) in [7, 11) is 0. The average Bonchev–Trinajstić information content (AvgIpc) is 3.14. The normalized spacial score (nSPS) is 33.2. The van der Waals surface area contributed by atoms with Crippen molar-refractivity contribution in [3.8, 4) is 0 Å². The fourth-order valence-electron chi connectivity index (χ4n) is 4.03. The van der Waals surface area contributed by atoms with E-state index in [9.17, 15) is 14.4 Å². The SMILES string of the molecule is CCC(CC)NC(=O)CN1C(=O)C2C3C=CC(C3)C2C1=O. The van der Waals surface area contributed by atoms with Crippen LogP contribution in [-0.4, -0.2) is 35.2 Å². The van der Waals surface area contributed by atoms with Crippen molar-refractivity contribution in [2.75, 3.05) is 6.54 Å². The number of rotatable bonds is 5. The zero-order valence-electron chi connectivity index (χ0n) is 12.5. The Bertz CT molecular complexity index is 480. The van der Waals surface area contributed by atoms with Crippen molar-refractivity contribution in [2.24, 2.45) is 23.7 Å². The first kappa shape index (κ1) is 14.3. The molecular weight excluding hydrogens is 268 g/mol. The third-order valence-corrected chi connectivity index (χ3v) is 5.21. The third kappa shape index (κ3) is 2.19. The summed E-state index contributed by atoms with van der Waals surface area (Å²) in [5.41, 5.74) is 0. The molecule has 0 spiro atoms. The molecule has 1 aliphatic heterocycles. The Morgan fingerprint density at radius 3 is 2.19 bits per heavy atom. The van der Waals surface area contributed by atoms with E-state index in [0.29, 0.717) is 0 Å². The second kappa shape index (κ2) is 5.28. The van der Waals surface area contributed by atoms with Gasteiger partial charge in [-0.15, -0.1) is 0 Å². The van der Waals surface area contributed by atoms with Crippen molar-refractivity contribution in [3.05, 3.63) is 12.2 Å². The lowest BCUT2D eigenvalue weighted by molar-refractivity contribution is -0.144. The first-order valence-electron chi connectivity index (χ1n) is 7.89. The molecule has 0 aromatic rings. The van der Waals surface area contributed by atoms with Crippen LogP contribution in [0.5, 0.6) is 0 Å². The van der Waals surface area contributed by atoms with Crippen molar-refractivity contribution in [2.45, 2.75) is 39.2 Å². The highest BCUT2D eigenvalue weighted by Crippen LogP contribution is 2.52. The molecule has 114 valence electrons. The molecule has 4 unspecified atom stereocenters. The van der Waals surface area contributed by atoms with Gasteiger partial charge in [0.05, 0.1) is 11.8 Å². The van der Waals surface area contributed by atoms with Crippen LogP contribution < -0.4 is 5.32 Å². The number of carbonyl (C=O) groups is 3. The van der Waals surface area contributed by atoms with E-state index in [4.69, 9.17) is 0 Å². The second-order valence-corrected chi connectivity index (χ2v) is 6.34. The molecular formula is C16H22N2O3. The zero-order chi connectivity index (χ0) is 15.1. The maximum atomic E-state index is 12.4. The van der Waals surface area contributed by atoms with Crippen LogP contribution in [0.2, 0.25) is 0 Å². The maximum Gasteiger partial charge on any atom is 0.240 e. The second-order valence-electron chi connectivity index (χ2n) is 6.34. The van der Waals surface area contributed by atoms with E-state index in [0.717, 1.165) is 19.3 Å². The highest BCUT2D eigenvalue weighted by atomic mass is 16.2. The molecule has 4 atom stereocenters. The molecule has 5 nitrogen and oxygen atoms in total. The van der Waals surface area contributed by atoms with Crippen molar-refractivity contribution >= 4 is 17.7 Å². The Balaban J connectivity index is 1.66. The Morgan fingerprint density at radius 2 is 1.71 bits per heavy atom. The molecule has 0 radical (unpaired) electrons. The molecule has 2 fully saturated rings. The van der Waals surface area contributed by atoms with E-state index >= 15 is 0 Å². The number of nitrogens with one attached hydrogen (secondary N) is 1. The van der Waals surface area contributed by atoms with Crippen LogP contribution in [0.15, 0.2) is 12.2 Å². The minimum Gasteiger partial charge on any atom is -0.352 e. The van der Waals surface area contributed by atoms with Crippen molar-refractivity contribution in [3.63, 3.8) is 0 Å². The first-order chi connectivity index (χ1) is 10.1. The van der Waals surface area contributed by atoms with Gasteiger partial charge in [0, 0.05) is 6.04 Å². The summed E-state index contributed by atoms with van der Waals surface area (Å²) in [6.45, 7) is 3.89. The molecule has 1 heterocycles. The number of nitrogens with zero attached hydrogens (tertiary/aromatic N) is 1. The number of likely N-dealkylation sites (tertiary alicyclic amines) is 1. The van der Waals surface area contributed by atoms with Crippen molar-refractivity contribution in [1.82, 2.24) is 10.2 Å². The van der Waals surface area contributed by atoms with Gasteiger partial charge in [0.15, 0.2) is 0 Å². The van der Waals surface area contributed by atoms with Crippen molar-refractivity contribution in [1.29, 1.82) is 0 Å². The molecule has 3 aliphatic rings. The fourth-order valence-corrected chi connectivity index (χ4v) is 4.03. The fraction of sp³-hybridized carbons (Fsp3) is 0.688. The molecule has 2 bridgehead atoms. The number of fused-ring (bicyclic) bond motifs is 5. The van der Waals surface area contributed by atoms with Crippen molar-refractivity contribution < 1.29 is 14.4 Å². The van der Waals surface area contributed by atoms with Gasteiger partial charge in [-0.05, 0) is 31.1 Å². The van der Waals surface area contributed by atoms with Gasteiger partial charge >= 0.3 is 0 Å². The predicted octanol–water partition coefficient (Wildman–Crippen LogP) is 1.10. The summed E-state index contributed by atoms with van der Waals surface area (Å²) in [4.78, 5) is 38.1. The number of hydrogen-bond acceptors (Lipinski definition) is 3. The summed E-state index contributed by atoms with van der Waals surface area (Å²) < 4.78 is 0. The lowest BCUT2D eigenvalue weighted by Crippen LogP contribution is -2.44. The predicted molar refractivity (Wildman–Crippen MR) is 76.9 cm³/mol. The molecule has 5 heteroatoms. The van der Waals surface area contributed by atoms with Crippen LogP contribution in [0.3, 0.4) is 0 Å². The maximum absolute atomic E-state index is 12.4. The van der Waals surface area contributed by atoms with E-state index in [-0.39, 0.29) is 54.0 Å². The minimum absolute atomic E-state index is 0.114. The monoisotopic (exact) mass is 290 g/mol. The van der Waals surface area contributed by atoms with Gasteiger partial charge in [-0.1, -0.05) is 26.0 Å². The largest absolute Gasteiger partial charge is 0.352 e. The smallest absolute Gasteiger partial charge is 0.240 e. The summed E-state index contributed by atoms with van der Waals surface area (Å²) in [5.74, 6) is -0.567. The van der Waals surface area contributed by atoms with Gasteiger partial charge in [-0.3, -0.25) is 19.3 Å². The van der Waals surface area contributed by atoms with E-state index in [2.05, 4.69) is 17.5 Å². The first-order valence-corrected chi connectivity index (χ1v) is 7.89. The molecule has 0 aromatic heterocycles. The Kier molecular flexibility index (Phi) is 3.59. The highest BCUT2D eigenvalue weighted by molar-refractivity contribution is 6.08. The number of amides is 3. The van der Waals surface area contributed by atoms with E-state index in [1.54, 1.807) is 0 Å². The van der Waals surface area contributed by atoms with E-state index in [1.165, 1.54) is 4.90 Å². The lowest BCUT2D eigenvalue weighted by Gasteiger charge is -2.19. The standard InChI is InChI=1S/C16H22N2O3/c1-3-11(4-2)17-12(19)8-18-15(20)13-9-5-6-10(7-9)14(13)16(18)21/h5-6,9-11,13-14H,3-4,7-8H2,1-2H3,(H,17,19). The Hall–Kier alpha value is -1.65. The molecule has 0 aromatic carbocycles. The highest BCUT2D eigenvalue weighted by Gasteiger charge is 2.59. The number of carbonyl (C=O) groups excluding carboxylic acids is 3. The molecule has 3 amide bonds. The molecule has 21 heavy (non-hydrogen) atoms. The summed E-state index contributed by atoms with van der Waals surface area (Å²) in [6.07, 6.45) is 6.74. The quantitative estimate of drug-likeness (QED) is 0.609. The summed E-state index contributed by atoms with van der Waals surface area (Å²) in [6, 6.07) is 0.114. The molecule has 1 saturated carbocycles. The average molecular weight is 290 g/mol. The number of imide groups is 1. The molecule has 3 rings (SSSR count). The van der Waals surface area contributed by atoms with Gasteiger partial charge in [-0.2, -0.15) is 0 Å². The van der Waals surface area contributed by atoms with Crippen LogP contribution in [0.1, 0.15) is 33.1 Å². The lowest BCUT2D eigenvalue weighted by atomic mass is 9.85. The molecule has 1 N–H and O–H groups in total. The Labute approximate surface area is 124 Å². The van der Waals surface area contributed by atoms with Gasteiger partial charge < -0.3 is 5.32 Å². The van der Waals surface area contributed by atoms with Gasteiger partial charge in [0.25, 0.3) is 0 Å². The third-order valence-electron chi connectivity index (χ3n) is 5.21.